The van der Waals surface area contributed by atoms with Crippen LogP contribution in [0, 0.1) is 13.8 Å². The van der Waals surface area contributed by atoms with Crippen molar-refractivity contribution in [3.05, 3.63) is 83.4 Å². The van der Waals surface area contributed by atoms with Gasteiger partial charge in [0.05, 0.1) is 17.7 Å². The number of rotatable bonds is 6. The molecule has 0 aliphatic carbocycles. The van der Waals surface area contributed by atoms with E-state index in [0.29, 0.717) is 28.3 Å². The van der Waals surface area contributed by atoms with E-state index in [2.05, 4.69) is 5.32 Å². The number of nitrogens with one attached hydrogen (secondary N) is 1. The van der Waals surface area contributed by atoms with E-state index in [1.54, 1.807) is 37.3 Å². The van der Waals surface area contributed by atoms with Crippen LogP contribution in [-0.2, 0) is 10.0 Å². The molecule has 0 heterocycles. The van der Waals surface area contributed by atoms with E-state index in [9.17, 15) is 13.2 Å². The maximum Gasteiger partial charge on any atom is 0.264 e. The molecule has 0 fully saturated rings. The average molecular weight is 425 g/mol. The van der Waals surface area contributed by atoms with Crippen molar-refractivity contribution >= 4 is 27.3 Å². The van der Waals surface area contributed by atoms with Crippen LogP contribution in [0.15, 0.2) is 71.6 Å². The first-order valence-electron chi connectivity index (χ1n) is 9.34. The quantitative estimate of drug-likeness (QED) is 0.637. The summed E-state index contributed by atoms with van der Waals surface area (Å²) in [7, 11) is -0.731. The van der Waals surface area contributed by atoms with E-state index in [1.165, 1.54) is 30.6 Å². The fraction of sp³-hybridized carbons (Fsp3) is 0.174. The van der Waals surface area contributed by atoms with Crippen LogP contribution in [0.25, 0.3) is 0 Å². The molecule has 6 nitrogen and oxygen atoms in total. The lowest BCUT2D eigenvalue weighted by molar-refractivity contribution is 0.102. The molecular weight excluding hydrogens is 400 g/mol. The van der Waals surface area contributed by atoms with Gasteiger partial charge in [-0.3, -0.25) is 9.10 Å². The highest BCUT2D eigenvalue weighted by atomic mass is 32.2. The van der Waals surface area contributed by atoms with Gasteiger partial charge in [0.2, 0.25) is 0 Å². The van der Waals surface area contributed by atoms with Crippen LogP contribution < -0.4 is 14.4 Å². The first kappa shape index (κ1) is 21.4. The van der Waals surface area contributed by atoms with E-state index in [-0.39, 0.29) is 10.8 Å². The molecular formula is C23H24N2O4S. The van der Waals surface area contributed by atoms with E-state index in [0.717, 1.165) is 5.56 Å². The third-order valence-corrected chi connectivity index (χ3v) is 6.58. The number of ether oxygens (including phenoxy) is 1. The van der Waals surface area contributed by atoms with Crippen LogP contribution in [-0.4, -0.2) is 28.5 Å². The molecule has 1 N–H and O–H groups in total. The van der Waals surface area contributed by atoms with Gasteiger partial charge in [-0.25, -0.2) is 8.42 Å². The second kappa shape index (κ2) is 8.59. The molecule has 3 rings (SSSR count). The predicted molar refractivity (Wildman–Crippen MR) is 119 cm³/mol. The van der Waals surface area contributed by atoms with Gasteiger partial charge in [-0.1, -0.05) is 12.1 Å². The SMILES string of the molecule is COc1ccc(S(=O)(=O)N(C)c2ccc(C(=O)Nc3cccc(C)c3)cc2C)cc1. The standard InChI is InChI=1S/C23H24N2O4S/c1-16-6-5-7-19(14-16)24-23(26)18-8-13-22(17(2)15-18)25(3)30(27,28)21-11-9-20(29-4)10-12-21/h5-15H,1-4H3,(H,24,26). The molecule has 0 saturated carbocycles. The summed E-state index contributed by atoms with van der Waals surface area (Å²) in [5.41, 5.74) is 3.38. The zero-order valence-corrected chi connectivity index (χ0v) is 18.2. The number of amides is 1. The van der Waals surface area contributed by atoms with Crippen molar-refractivity contribution in [2.45, 2.75) is 18.7 Å². The van der Waals surface area contributed by atoms with Crippen molar-refractivity contribution in [3.8, 4) is 5.75 Å². The first-order chi connectivity index (χ1) is 14.2. The van der Waals surface area contributed by atoms with E-state index >= 15 is 0 Å². The maximum absolute atomic E-state index is 13.0. The molecule has 0 bridgehead atoms. The average Bonchev–Trinajstić information content (AvgIpc) is 2.73. The Morgan fingerprint density at radius 2 is 1.67 bits per heavy atom. The Balaban J connectivity index is 1.83. The molecule has 0 saturated heterocycles. The van der Waals surface area contributed by atoms with Crippen molar-refractivity contribution in [1.82, 2.24) is 0 Å². The topological polar surface area (TPSA) is 75.7 Å². The molecule has 0 aliphatic heterocycles. The number of carbonyl (C=O) groups is 1. The first-order valence-corrected chi connectivity index (χ1v) is 10.8. The zero-order valence-electron chi connectivity index (χ0n) is 17.3. The summed E-state index contributed by atoms with van der Waals surface area (Å²) in [6.07, 6.45) is 0. The lowest BCUT2D eigenvalue weighted by Crippen LogP contribution is -2.27. The van der Waals surface area contributed by atoms with Crippen molar-refractivity contribution in [2.75, 3.05) is 23.8 Å². The van der Waals surface area contributed by atoms with Crippen LogP contribution in [0.1, 0.15) is 21.5 Å². The number of sulfonamides is 1. The number of hydrogen-bond acceptors (Lipinski definition) is 4. The van der Waals surface area contributed by atoms with Crippen LogP contribution in [0.4, 0.5) is 11.4 Å². The Labute approximate surface area is 177 Å². The number of methoxy groups -OCH3 is 1. The van der Waals surface area contributed by atoms with Crippen LogP contribution in [0.2, 0.25) is 0 Å². The summed E-state index contributed by atoms with van der Waals surface area (Å²) in [6, 6.07) is 18.7. The van der Waals surface area contributed by atoms with Gasteiger partial charge in [0.1, 0.15) is 5.75 Å². The fourth-order valence-electron chi connectivity index (χ4n) is 3.11. The molecule has 7 heteroatoms. The maximum atomic E-state index is 13.0. The van der Waals surface area contributed by atoms with Crippen LogP contribution in [0.3, 0.4) is 0 Å². The molecule has 0 spiro atoms. The van der Waals surface area contributed by atoms with E-state index < -0.39 is 10.0 Å². The minimum Gasteiger partial charge on any atom is -0.497 e. The molecule has 0 aromatic heterocycles. The Hall–Kier alpha value is -3.32. The van der Waals surface area contributed by atoms with Gasteiger partial charge in [-0.05, 0) is 79.6 Å². The third kappa shape index (κ3) is 4.46. The smallest absolute Gasteiger partial charge is 0.264 e. The van der Waals surface area contributed by atoms with Crippen molar-refractivity contribution < 1.29 is 17.9 Å². The van der Waals surface area contributed by atoms with Crippen LogP contribution >= 0.6 is 0 Å². The number of hydrogen-bond donors (Lipinski definition) is 1. The number of aryl methyl sites for hydroxylation is 2. The molecule has 0 radical (unpaired) electrons. The molecule has 1 amide bonds. The van der Waals surface area contributed by atoms with Gasteiger partial charge in [-0.2, -0.15) is 0 Å². The van der Waals surface area contributed by atoms with Gasteiger partial charge < -0.3 is 10.1 Å². The minimum absolute atomic E-state index is 0.159. The molecule has 30 heavy (non-hydrogen) atoms. The van der Waals surface area contributed by atoms with Crippen molar-refractivity contribution in [1.29, 1.82) is 0 Å². The largest absolute Gasteiger partial charge is 0.497 e. The minimum atomic E-state index is -3.75. The molecule has 3 aromatic rings. The summed E-state index contributed by atoms with van der Waals surface area (Å²) < 4.78 is 32.3. The number of benzene rings is 3. The second-order valence-electron chi connectivity index (χ2n) is 6.97. The highest BCUT2D eigenvalue weighted by Crippen LogP contribution is 2.27. The molecule has 0 atom stereocenters. The highest BCUT2D eigenvalue weighted by Gasteiger charge is 2.23. The van der Waals surface area contributed by atoms with E-state index in [4.69, 9.17) is 4.74 Å². The summed E-state index contributed by atoms with van der Waals surface area (Å²) in [5, 5.41) is 2.86. The third-order valence-electron chi connectivity index (χ3n) is 4.79. The second-order valence-corrected chi connectivity index (χ2v) is 8.94. The molecule has 156 valence electrons. The summed E-state index contributed by atoms with van der Waals surface area (Å²) in [4.78, 5) is 12.7. The fourth-order valence-corrected chi connectivity index (χ4v) is 4.37. The Morgan fingerprint density at radius 1 is 0.967 bits per heavy atom. The number of carbonyl (C=O) groups excluding carboxylic acids is 1. The van der Waals surface area contributed by atoms with Gasteiger partial charge in [0, 0.05) is 18.3 Å². The molecule has 0 aliphatic rings. The Kier molecular flexibility index (Phi) is 6.12. The summed E-state index contributed by atoms with van der Waals surface area (Å²) >= 11 is 0. The van der Waals surface area contributed by atoms with Crippen molar-refractivity contribution in [2.24, 2.45) is 0 Å². The van der Waals surface area contributed by atoms with Crippen molar-refractivity contribution in [3.63, 3.8) is 0 Å². The van der Waals surface area contributed by atoms with Gasteiger partial charge in [0.15, 0.2) is 0 Å². The summed E-state index contributed by atoms with van der Waals surface area (Å²) in [6.45, 7) is 3.73. The Bertz CT molecular complexity index is 1170. The normalized spacial score (nSPS) is 11.1. The molecule has 3 aromatic carbocycles. The lowest BCUT2D eigenvalue weighted by Gasteiger charge is -2.22. The lowest BCUT2D eigenvalue weighted by atomic mass is 10.1. The molecule has 0 unspecified atom stereocenters. The summed E-state index contributed by atoms with van der Waals surface area (Å²) in [5.74, 6) is 0.327. The van der Waals surface area contributed by atoms with E-state index in [1.807, 2.05) is 31.2 Å². The highest BCUT2D eigenvalue weighted by molar-refractivity contribution is 7.92. The van der Waals surface area contributed by atoms with Gasteiger partial charge >= 0.3 is 0 Å². The monoisotopic (exact) mass is 424 g/mol. The van der Waals surface area contributed by atoms with Crippen LogP contribution in [0.5, 0.6) is 5.75 Å². The zero-order chi connectivity index (χ0) is 21.9. The Morgan fingerprint density at radius 3 is 2.27 bits per heavy atom. The number of anilines is 2. The number of nitrogens with zero attached hydrogens (tertiary/aromatic N) is 1. The van der Waals surface area contributed by atoms with Gasteiger partial charge in [0.25, 0.3) is 15.9 Å². The predicted octanol–water partition coefficient (Wildman–Crippen LogP) is 4.39. The van der Waals surface area contributed by atoms with Gasteiger partial charge in [-0.15, -0.1) is 0 Å².